The normalized spacial score (nSPS) is 11.6. The van der Waals surface area contributed by atoms with Crippen LogP contribution in [0.5, 0.6) is 17.2 Å². The van der Waals surface area contributed by atoms with Crippen LogP contribution in [-0.2, 0) is 5.41 Å². The molecule has 0 unspecified atom stereocenters. The zero-order chi connectivity index (χ0) is 19.2. The lowest BCUT2D eigenvalue weighted by Gasteiger charge is -2.23. The van der Waals surface area contributed by atoms with Crippen molar-refractivity contribution in [3.8, 4) is 17.2 Å². The lowest BCUT2D eigenvalue weighted by molar-refractivity contribution is 0.208. The van der Waals surface area contributed by atoms with Gasteiger partial charge in [0, 0.05) is 5.56 Å². The predicted molar refractivity (Wildman–Crippen MR) is 103 cm³/mol. The number of benzene rings is 2. The van der Waals surface area contributed by atoms with E-state index in [9.17, 15) is 0 Å². The molecule has 0 atom stereocenters. The van der Waals surface area contributed by atoms with Crippen LogP contribution in [0.15, 0.2) is 41.6 Å². The highest BCUT2D eigenvalue weighted by molar-refractivity contribution is 5.80. The molecule has 26 heavy (non-hydrogen) atoms. The summed E-state index contributed by atoms with van der Waals surface area (Å²) in [6.45, 7) is 9.38. The van der Waals surface area contributed by atoms with Crippen LogP contribution in [0.2, 0.25) is 0 Å². The summed E-state index contributed by atoms with van der Waals surface area (Å²) in [5.41, 5.74) is 3.07. The fourth-order valence-electron chi connectivity index (χ4n) is 2.62. The van der Waals surface area contributed by atoms with Crippen LogP contribution in [0.3, 0.4) is 0 Å². The quantitative estimate of drug-likeness (QED) is 0.341. The van der Waals surface area contributed by atoms with Gasteiger partial charge in [-0.2, -0.15) is 0 Å². The van der Waals surface area contributed by atoms with Gasteiger partial charge in [-0.05, 0) is 47.7 Å². The lowest BCUT2D eigenvalue weighted by atomic mass is 9.86. The molecule has 2 aromatic carbocycles. The number of hydrogen-bond acceptors (Lipinski definition) is 5. The molecule has 2 rings (SSSR count). The van der Waals surface area contributed by atoms with E-state index in [0.29, 0.717) is 24.7 Å². The van der Waals surface area contributed by atoms with Gasteiger partial charge in [-0.25, -0.2) is 0 Å². The fraction of sp³-hybridized carbons (Fsp3) is 0.381. The van der Waals surface area contributed by atoms with Crippen LogP contribution in [0.1, 0.15) is 37.5 Å². The molecule has 5 heteroatoms. The van der Waals surface area contributed by atoms with Gasteiger partial charge in [0.1, 0.15) is 19.0 Å². The molecule has 0 fully saturated rings. The summed E-state index contributed by atoms with van der Waals surface area (Å²) >= 11 is 0. The molecule has 0 amide bonds. The monoisotopic (exact) mass is 357 g/mol. The van der Waals surface area contributed by atoms with Gasteiger partial charge in [0.2, 0.25) is 0 Å². The Labute approximate surface area is 155 Å². The summed E-state index contributed by atoms with van der Waals surface area (Å²) in [4.78, 5) is 0. The van der Waals surface area contributed by atoms with Crippen molar-refractivity contribution < 1.29 is 19.4 Å². The second-order valence-corrected chi connectivity index (χ2v) is 7.10. The summed E-state index contributed by atoms with van der Waals surface area (Å²) in [7, 11) is 1.57. The van der Waals surface area contributed by atoms with E-state index in [2.05, 4.69) is 51.0 Å². The first-order valence-electron chi connectivity index (χ1n) is 8.57. The molecule has 2 aromatic rings. The lowest BCUT2D eigenvalue weighted by Crippen LogP contribution is -2.16. The summed E-state index contributed by atoms with van der Waals surface area (Å²) in [6.07, 6.45) is 1.33. The molecule has 0 aliphatic rings. The molecule has 0 saturated carbocycles. The third-order valence-corrected chi connectivity index (χ3v) is 3.94. The van der Waals surface area contributed by atoms with Gasteiger partial charge < -0.3 is 19.4 Å². The Hall–Kier alpha value is -2.69. The highest BCUT2D eigenvalue weighted by atomic mass is 16.5. The smallest absolute Gasteiger partial charge is 0.161 e. The van der Waals surface area contributed by atoms with Gasteiger partial charge in [-0.1, -0.05) is 38.1 Å². The maximum absolute atomic E-state index is 8.61. The Morgan fingerprint density at radius 2 is 1.65 bits per heavy atom. The fourth-order valence-corrected chi connectivity index (χ4v) is 2.62. The van der Waals surface area contributed by atoms with Gasteiger partial charge in [0.25, 0.3) is 0 Å². The minimum Gasteiger partial charge on any atom is -0.493 e. The van der Waals surface area contributed by atoms with Gasteiger partial charge in [0.05, 0.1) is 13.3 Å². The third kappa shape index (κ3) is 5.15. The topological polar surface area (TPSA) is 60.3 Å². The standard InChI is InChI=1S/C21H27NO4/c1-15-6-8-17(21(2,3)4)19(12-15)26-11-10-25-18-9-7-16(14-22-23)13-20(18)24-5/h6-9,12-14,23H,10-11H2,1-5H3. The van der Waals surface area contributed by atoms with Crippen molar-refractivity contribution in [1.29, 1.82) is 0 Å². The van der Waals surface area contributed by atoms with Crippen molar-refractivity contribution in [2.45, 2.75) is 33.1 Å². The Kier molecular flexibility index (Phi) is 6.50. The molecule has 0 heterocycles. The highest BCUT2D eigenvalue weighted by Gasteiger charge is 2.19. The van der Waals surface area contributed by atoms with E-state index in [4.69, 9.17) is 19.4 Å². The Morgan fingerprint density at radius 3 is 2.27 bits per heavy atom. The molecular weight excluding hydrogens is 330 g/mol. The van der Waals surface area contributed by atoms with Crippen molar-refractivity contribution in [3.05, 3.63) is 53.1 Å². The number of ether oxygens (including phenoxy) is 3. The Bertz CT molecular complexity index is 763. The third-order valence-electron chi connectivity index (χ3n) is 3.94. The highest BCUT2D eigenvalue weighted by Crippen LogP contribution is 2.32. The van der Waals surface area contributed by atoms with Crippen LogP contribution in [0.25, 0.3) is 0 Å². The second-order valence-electron chi connectivity index (χ2n) is 7.10. The maximum Gasteiger partial charge on any atom is 0.161 e. The number of hydrogen-bond donors (Lipinski definition) is 1. The Morgan fingerprint density at radius 1 is 0.962 bits per heavy atom. The molecule has 0 radical (unpaired) electrons. The average Bonchev–Trinajstić information content (AvgIpc) is 2.58. The molecule has 0 saturated heterocycles. The summed E-state index contributed by atoms with van der Waals surface area (Å²) < 4.78 is 17.1. The average molecular weight is 357 g/mol. The molecule has 0 aliphatic heterocycles. The van der Waals surface area contributed by atoms with Crippen LogP contribution in [0.4, 0.5) is 0 Å². The van der Waals surface area contributed by atoms with Crippen molar-refractivity contribution >= 4 is 6.21 Å². The van der Waals surface area contributed by atoms with Crippen LogP contribution in [0, 0.1) is 6.92 Å². The number of methoxy groups -OCH3 is 1. The van der Waals surface area contributed by atoms with Crippen LogP contribution in [-0.4, -0.2) is 31.7 Å². The number of rotatable bonds is 7. The predicted octanol–water partition coefficient (Wildman–Crippen LogP) is 4.57. The Balaban J connectivity index is 2.00. The van der Waals surface area contributed by atoms with E-state index in [1.807, 2.05) is 0 Å². The van der Waals surface area contributed by atoms with Crippen molar-refractivity contribution in [2.24, 2.45) is 5.16 Å². The van der Waals surface area contributed by atoms with E-state index in [1.54, 1.807) is 25.3 Å². The summed E-state index contributed by atoms with van der Waals surface area (Å²) in [5, 5.41) is 11.6. The molecule has 1 N–H and O–H groups in total. The van der Waals surface area contributed by atoms with E-state index in [-0.39, 0.29) is 5.41 Å². The summed E-state index contributed by atoms with van der Waals surface area (Å²) in [6, 6.07) is 11.6. The van der Waals surface area contributed by atoms with E-state index in [0.717, 1.165) is 16.9 Å². The largest absolute Gasteiger partial charge is 0.493 e. The summed E-state index contributed by atoms with van der Waals surface area (Å²) in [5.74, 6) is 2.09. The first kappa shape index (κ1) is 19.6. The van der Waals surface area contributed by atoms with Crippen LogP contribution < -0.4 is 14.2 Å². The van der Waals surface area contributed by atoms with Gasteiger partial charge >= 0.3 is 0 Å². The zero-order valence-corrected chi connectivity index (χ0v) is 16.1. The van der Waals surface area contributed by atoms with E-state index < -0.39 is 0 Å². The van der Waals surface area contributed by atoms with Gasteiger partial charge in [-0.15, -0.1) is 0 Å². The molecule has 5 nitrogen and oxygen atoms in total. The molecule has 0 aliphatic carbocycles. The molecule has 0 bridgehead atoms. The molecule has 0 spiro atoms. The first-order chi connectivity index (χ1) is 12.3. The molecule has 0 aromatic heterocycles. The maximum atomic E-state index is 8.61. The molecule has 140 valence electrons. The second kappa shape index (κ2) is 8.61. The van der Waals surface area contributed by atoms with Gasteiger partial charge in [0.15, 0.2) is 11.5 Å². The minimum atomic E-state index is 0.0111. The number of oxime groups is 1. The number of aryl methyl sites for hydroxylation is 1. The van der Waals surface area contributed by atoms with Crippen LogP contribution >= 0.6 is 0 Å². The van der Waals surface area contributed by atoms with E-state index >= 15 is 0 Å². The number of nitrogens with zero attached hydrogens (tertiary/aromatic N) is 1. The molecular formula is C21H27NO4. The first-order valence-corrected chi connectivity index (χ1v) is 8.57. The zero-order valence-electron chi connectivity index (χ0n) is 16.1. The van der Waals surface area contributed by atoms with Gasteiger partial charge in [-0.3, -0.25) is 0 Å². The van der Waals surface area contributed by atoms with E-state index in [1.165, 1.54) is 11.8 Å². The SMILES string of the molecule is COc1cc(C=NO)ccc1OCCOc1cc(C)ccc1C(C)(C)C. The van der Waals surface area contributed by atoms with Crippen molar-refractivity contribution in [1.82, 2.24) is 0 Å². The van der Waals surface area contributed by atoms with Crippen molar-refractivity contribution in [3.63, 3.8) is 0 Å². The van der Waals surface area contributed by atoms with Crippen molar-refractivity contribution in [2.75, 3.05) is 20.3 Å². The minimum absolute atomic E-state index is 0.0111.